The van der Waals surface area contributed by atoms with Crippen molar-refractivity contribution in [2.45, 2.75) is 50.4 Å². The molecule has 5 rings (SSSR count). The number of hydrogen-bond donors (Lipinski definition) is 1. The number of benzene rings is 1. The van der Waals surface area contributed by atoms with Crippen LogP contribution in [0, 0.1) is 6.92 Å². The van der Waals surface area contributed by atoms with Gasteiger partial charge in [0.1, 0.15) is 0 Å². The molecule has 0 spiro atoms. The number of amides is 1. The van der Waals surface area contributed by atoms with Gasteiger partial charge in [-0.3, -0.25) is 9.48 Å². The number of hydrogen-bond acceptors (Lipinski definition) is 3. The summed E-state index contributed by atoms with van der Waals surface area (Å²) in [5.41, 5.74) is 4.83. The largest absolute Gasteiger partial charge is 0.351 e. The van der Waals surface area contributed by atoms with Gasteiger partial charge in [0, 0.05) is 30.6 Å². The van der Waals surface area contributed by atoms with Crippen LogP contribution < -0.4 is 5.32 Å². The van der Waals surface area contributed by atoms with Gasteiger partial charge in [-0.2, -0.15) is 5.10 Å². The van der Waals surface area contributed by atoms with Gasteiger partial charge in [-0.1, -0.05) is 36.8 Å². The molecule has 0 atom stereocenters. The van der Waals surface area contributed by atoms with Gasteiger partial charge in [-0.05, 0) is 44.2 Å². The van der Waals surface area contributed by atoms with Gasteiger partial charge in [0.25, 0.3) is 5.91 Å². The van der Waals surface area contributed by atoms with E-state index in [4.69, 9.17) is 4.98 Å². The van der Waals surface area contributed by atoms with Crippen LogP contribution in [0.15, 0.2) is 36.4 Å². The second-order valence-electron chi connectivity index (χ2n) is 8.46. The summed E-state index contributed by atoms with van der Waals surface area (Å²) < 4.78 is 1.80. The fraction of sp³-hybridized carbons (Fsp3) is 0.435. The van der Waals surface area contributed by atoms with Gasteiger partial charge in [-0.15, -0.1) is 0 Å². The molecule has 5 nitrogen and oxygen atoms in total. The first kappa shape index (κ1) is 17.4. The number of rotatable bonds is 5. The van der Waals surface area contributed by atoms with Crippen molar-refractivity contribution in [1.82, 2.24) is 20.1 Å². The van der Waals surface area contributed by atoms with E-state index in [1.165, 1.54) is 12.0 Å². The van der Waals surface area contributed by atoms with Crippen molar-refractivity contribution in [3.05, 3.63) is 58.9 Å². The Bertz CT molecular complexity index is 1050. The van der Waals surface area contributed by atoms with Crippen LogP contribution in [0.4, 0.5) is 0 Å². The van der Waals surface area contributed by atoms with Crippen molar-refractivity contribution in [2.75, 3.05) is 6.54 Å². The zero-order valence-corrected chi connectivity index (χ0v) is 16.5. The van der Waals surface area contributed by atoms with Gasteiger partial charge < -0.3 is 5.32 Å². The highest BCUT2D eigenvalue weighted by molar-refractivity contribution is 6.06. The number of nitrogens with zero attached hydrogens (tertiary/aromatic N) is 3. The van der Waals surface area contributed by atoms with Crippen LogP contribution in [0.5, 0.6) is 0 Å². The molecule has 2 aliphatic carbocycles. The molecule has 0 unspecified atom stereocenters. The van der Waals surface area contributed by atoms with Crippen LogP contribution in [0.25, 0.3) is 11.0 Å². The number of carbonyl (C=O) groups is 1. The summed E-state index contributed by atoms with van der Waals surface area (Å²) in [6.07, 6.45) is 5.80. The normalized spacial score (nSPS) is 18.1. The van der Waals surface area contributed by atoms with Crippen LogP contribution in [-0.4, -0.2) is 27.2 Å². The number of fused-ring (bicyclic) bond motifs is 1. The molecule has 0 radical (unpaired) electrons. The maximum Gasteiger partial charge on any atom is 0.252 e. The minimum atomic E-state index is -0.00685. The molecule has 0 saturated heterocycles. The number of nitrogens with one attached hydrogen (secondary N) is 1. The smallest absolute Gasteiger partial charge is 0.252 e. The van der Waals surface area contributed by atoms with E-state index in [2.05, 4.69) is 34.7 Å². The van der Waals surface area contributed by atoms with Crippen molar-refractivity contribution in [2.24, 2.45) is 7.05 Å². The predicted molar refractivity (Wildman–Crippen MR) is 110 cm³/mol. The highest BCUT2D eigenvalue weighted by Crippen LogP contribution is 2.43. The van der Waals surface area contributed by atoms with Gasteiger partial charge in [0.05, 0.1) is 16.6 Å². The van der Waals surface area contributed by atoms with Gasteiger partial charge in [0.2, 0.25) is 0 Å². The van der Waals surface area contributed by atoms with E-state index in [1.54, 1.807) is 4.68 Å². The van der Waals surface area contributed by atoms with Crippen molar-refractivity contribution in [3.8, 4) is 0 Å². The van der Waals surface area contributed by atoms with Crippen molar-refractivity contribution < 1.29 is 4.79 Å². The maximum absolute atomic E-state index is 13.3. The number of pyridine rings is 1. The average molecular weight is 374 g/mol. The van der Waals surface area contributed by atoms with Gasteiger partial charge in [0.15, 0.2) is 5.65 Å². The van der Waals surface area contributed by atoms with E-state index in [0.717, 1.165) is 53.7 Å². The molecule has 5 heteroatoms. The Morgan fingerprint density at radius 2 is 2.00 bits per heavy atom. The molecule has 28 heavy (non-hydrogen) atoms. The summed E-state index contributed by atoms with van der Waals surface area (Å²) in [5.74, 6) is 0.487. The molecule has 1 aromatic carbocycles. The van der Waals surface area contributed by atoms with Crippen LogP contribution >= 0.6 is 0 Å². The Morgan fingerprint density at radius 3 is 2.64 bits per heavy atom. The Labute approximate surface area is 165 Å². The van der Waals surface area contributed by atoms with E-state index in [9.17, 15) is 4.79 Å². The SMILES string of the molecule is Cc1nn(C)c2nc(C3CC3)cc(C(=O)NCC3(c4ccccc4)CCC3)c12. The summed E-state index contributed by atoms with van der Waals surface area (Å²) in [5, 5.41) is 8.64. The third kappa shape index (κ3) is 2.81. The zero-order chi connectivity index (χ0) is 19.3. The van der Waals surface area contributed by atoms with Gasteiger partial charge in [-0.25, -0.2) is 4.98 Å². The summed E-state index contributed by atoms with van der Waals surface area (Å²) in [4.78, 5) is 18.1. The minimum Gasteiger partial charge on any atom is -0.351 e. The Balaban J connectivity index is 1.46. The first-order valence-corrected chi connectivity index (χ1v) is 10.3. The summed E-state index contributed by atoms with van der Waals surface area (Å²) >= 11 is 0. The van der Waals surface area contributed by atoms with Crippen LogP contribution in [0.2, 0.25) is 0 Å². The topological polar surface area (TPSA) is 59.8 Å². The first-order valence-electron chi connectivity index (χ1n) is 10.3. The van der Waals surface area contributed by atoms with Crippen molar-refractivity contribution >= 4 is 16.9 Å². The maximum atomic E-state index is 13.3. The molecule has 2 saturated carbocycles. The quantitative estimate of drug-likeness (QED) is 0.734. The lowest BCUT2D eigenvalue weighted by Crippen LogP contribution is -2.45. The molecule has 2 aromatic heterocycles. The lowest BCUT2D eigenvalue weighted by Gasteiger charge is -2.42. The summed E-state index contributed by atoms with van der Waals surface area (Å²) in [6.45, 7) is 2.63. The molecule has 2 heterocycles. The fourth-order valence-corrected chi connectivity index (χ4v) is 4.54. The second-order valence-corrected chi connectivity index (χ2v) is 8.46. The minimum absolute atomic E-state index is 0.00685. The molecule has 1 N–H and O–H groups in total. The van der Waals surface area contributed by atoms with Crippen LogP contribution in [0.1, 0.15) is 65.3 Å². The second kappa shape index (κ2) is 6.43. The number of aryl methyl sites for hydroxylation is 2. The molecule has 2 aliphatic rings. The van der Waals surface area contributed by atoms with Crippen molar-refractivity contribution in [1.29, 1.82) is 0 Å². The molecule has 3 aromatic rings. The number of carbonyl (C=O) groups excluding carboxylic acids is 1. The Kier molecular flexibility index (Phi) is 4.00. The Hall–Kier alpha value is -2.69. The molecule has 0 bridgehead atoms. The fourth-order valence-electron chi connectivity index (χ4n) is 4.54. The third-order valence-corrected chi connectivity index (χ3v) is 6.51. The molecule has 1 amide bonds. The lowest BCUT2D eigenvalue weighted by molar-refractivity contribution is 0.0929. The van der Waals surface area contributed by atoms with Gasteiger partial charge >= 0.3 is 0 Å². The average Bonchev–Trinajstić information content (AvgIpc) is 3.48. The van der Waals surface area contributed by atoms with E-state index in [0.29, 0.717) is 12.5 Å². The number of aromatic nitrogens is 3. The van der Waals surface area contributed by atoms with Crippen LogP contribution in [-0.2, 0) is 12.5 Å². The highest BCUT2D eigenvalue weighted by Gasteiger charge is 2.39. The van der Waals surface area contributed by atoms with E-state index >= 15 is 0 Å². The Morgan fingerprint density at radius 1 is 1.25 bits per heavy atom. The third-order valence-electron chi connectivity index (χ3n) is 6.51. The van der Waals surface area contributed by atoms with E-state index in [1.807, 2.05) is 26.1 Å². The predicted octanol–water partition coefficient (Wildman–Crippen LogP) is 4.01. The van der Waals surface area contributed by atoms with Crippen LogP contribution in [0.3, 0.4) is 0 Å². The van der Waals surface area contributed by atoms with Crippen molar-refractivity contribution in [3.63, 3.8) is 0 Å². The zero-order valence-electron chi connectivity index (χ0n) is 16.5. The van der Waals surface area contributed by atoms with E-state index < -0.39 is 0 Å². The molecular formula is C23H26N4O. The molecule has 144 valence electrons. The molecule has 0 aliphatic heterocycles. The standard InChI is InChI=1S/C23H26N4O/c1-15-20-18(13-19(16-9-10-16)25-21(20)27(2)26-15)22(28)24-14-23(11-6-12-23)17-7-4-3-5-8-17/h3-5,7-8,13,16H,6,9-12,14H2,1-2H3,(H,24,28). The molecular weight excluding hydrogens is 348 g/mol. The summed E-state index contributed by atoms with van der Waals surface area (Å²) in [7, 11) is 1.90. The first-order chi connectivity index (χ1) is 13.6. The highest BCUT2D eigenvalue weighted by atomic mass is 16.1. The summed E-state index contributed by atoms with van der Waals surface area (Å²) in [6, 6.07) is 12.6. The lowest BCUT2D eigenvalue weighted by atomic mass is 9.64. The monoisotopic (exact) mass is 374 g/mol. The van der Waals surface area contributed by atoms with E-state index in [-0.39, 0.29) is 11.3 Å². The molecule has 2 fully saturated rings.